The topological polar surface area (TPSA) is 51.2 Å². The zero-order chi connectivity index (χ0) is 14.5. The lowest BCUT2D eigenvalue weighted by atomic mass is 10.1. The van der Waals surface area contributed by atoms with Crippen molar-refractivity contribution in [2.24, 2.45) is 0 Å². The number of nitrogens with one attached hydrogen (secondary N) is 1. The summed E-state index contributed by atoms with van der Waals surface area (Å²) in [7, 11) is 0. The van der Waals surface area contributed by atoms with Gasteiger partial charge in [0.2, 0.25) is 5.91 Å². The molecule has 1 amide bonds. The van der Waals surface area contributed by atoms with E-state index in [1.54, 1.807) is 13.1 Å². The Morgan fingerprint density at radius 1 is 1.30 bits per heavy atom. The lowest BCUT2D eigenvalue weighted by molar-refractivity contribution is -0.134. The molecule has 1 N–H and O–H groups in total. The Balaban J connectivity index is 1.97. The summed E-state index contributed by atoms with van der Waals surface area (Å²) in [5.74, 6) is -0.105. The summed E-state index contributed by atoms with van der Waals surface area (Å²) < 4.78 is 5.44. The van der Waals surface area contributed by atoms with Crippen molar-refractivity contribution in [1.29, 1.82) is 0 Å². The van der Waals surface area contributed by atoms with Crippen LogP contribution in [-0.2, 0) is 16.1 Å². The Morgan fingerprint density at radius 2 is 2.05 bits per heavy atom. The fourth-order valence-electron chi connectivity index (χ4n) is 2.02. The second-order valence-electron chi connectivity index (χ2n) is 5.08. The molecule has 20 heavy (non-hydrogen) atoms. The van der Waals surface area contributed by atoms with Gasteiger partial charge in [-0.15, -0.1) is 0 Å². The fourth-order valence-corrected chi connectivity index (χ4v) is 2.02. The van der Waals surface area contributed by atoms with E-state index < -0.39 is 6.10 Å². The largest absolute Gasteiger partial charge is 0.366 e. The van der Waals surface area contributed by atoms with Gasteiger partial charge in [-0.2, -0.15) is 0 Å². The molecule has 0 saturated carbocycles. The third kappa shape index (κ3) is 3.78. The van der Waals surface area contributed by atoms with Gasteiger partial charge in [0, 0.05) is 18.1 Å². The van der Waals surface area contributed by atoms with Gasteiger partial charge in [-0.25, -0.2) is 0 Å². The van der Waals surface area contributed by atoms with Crippen molar-refractivity contribution in [3.05, 3.63) is 42.1 Å². The summed E-state index contributed by atoms with van der Waals surface area (Å²) in [5, 5.41) is 3.94. The number of carbonyl (C=O) groups excluding carboxylic acids is 1. The molecule has 1 heterocycles. The molecule has 1 aromatic heterocycles. The second-order valence-corrected chi connectivity index (χ2v) is 5.08. The Labute approximate surface area is 119 Å². The molecular formula is C16H20N2O2. The van der Waals surface area contributed by atoms with Crippen LogP contribution in [0.15, 0.2) is 36.5 Å². The van der Waals surface area contributed by atoms with Gasteiger partial charge < -0.3 is 10.1 Å². The third-order valence-electron chi connectivity index (χ3n) is 2.96. The van der Waals surface area contributed by atoms with E-state index in [1.165, 1.54) is 0 Å². The molecule has 0 fully saturated rings. The molecule has 4 nitrogen and oxygen atoms in total. The standard InChI is InChI=1S/C16H20N2O2/c1-11(2)20-12(3)16(19)18-10-13-8-14-6-4-5-7-15(14)17-9-13/h4-9,11-12H,10H2,1-3H3,(H,18,19)/t12-/m1/s1. The van der Waals surface area contributed by atoms with E-state index in [2.05, 4.69) is 10.3 Å². The number of amides is 1. The van der Waals surface area contributed by atoms with Crippen molar-refractivity contribution in [2.45, 2.75) is 39.5 Å². The molecule has 2 rings (SSSR count). The quantitative estimate of drug-likeness (QED) is 0.910. The van der Waals surface area contributed by atoms with Gasteiger partial charge in [-0.3, -0.25) is 9.78 Å². The van der Waals surface area contributed by atoms with Crippen LogP contribution in [0, 0.1) is 0 Å². The highest BCUT2D eigenvalue weighted by Gasteiger charge is 2.14. The summed E-state index contributed by atoms with van der Waals surface area (Å²) in [6, 6.07) is 9.96. The third-order valence-corrected chi connectivity index (χ3v) is 2.96. The van der Waals surface area contributed by atoms with Crippen LogP contribution < -0.4 is 5.32 Å². The molecule has 0 aliphatic rings. The Kier molecular flexibility index (Phi) is 4.69. The van der Waals surface area contributed by atoms with E-state index in [-0.39, 0.29) is 12.0 Å². The van der Waals surface area contributed by atoms with Gasteiger partial charge in [0.25, 0.3) is 0 Å². The lowest BCUT2D eigenvalue weighted by Crippen LogP contribution is -2.35. The maximum absolute atomic E-state index is 11.9. The van der Waals surface area contributed by atoms with Gasteiger partial charge in [0.15, 0.2) is 0 Å². The summed E-state index contributed by atoms with van der Waals surface area (Å²) in [6.07, 6.45) is 1.39. The Morgan fingerprint density at radius 3 is 2.80 bits per heavy atom. The number of hydrogen-bond donors (Lipinski definition) is 1. The highest BCUT2D eigenvalue weighted by molar-refractivity contribution is 5.81. The van der Waals surface area contributed by atoms with Crippen LogP contribution >= 0.6 is 0 Å². The number of ether oxygens (including phenoxy) is 1. The summed E-state index contributed by atoms with van der Waals surface area (Å²) >= 11 is 0. The van der Waals surface area contributed by atoms with Crippen LogP contribution in [0.5, 0.6) is 0 Å². The molecule has 0 unspecified atom stereocenters. The average Bonchev–Trinajstić information content (AvgIpc) is 2.43. The van der Waals surface area contributed by atoms with Gasteiger partial charge in [-0.05, 0) is 38.5 Å². The molecule has 0 aliphatic carbocycles. The highest BCUT2D eigenvalue weighted by Crippen LogP contribution is 2.12. The van der Waals surface area contributed by atoms with Crippen molar-refractivity contribution in [1.82, 2.24) is 10.3 Å². The van der Waals surface area contributed by atoms with Crippen LogP contribution in [0.2, 0.25) is 0 Å². The fraction of sp³-hybridized carbons (Fsp3) is 0.375. The Bertz CT molecular complexity index is 596. The highest BCUT2D eigenvalue weighted by atomic mass is 16.5. The number of aromatic nitrogens is 1. The van der Waals surface area contributed by atoms with E-state index in [0.29, 0.717) is 6.54 Å². The molecule has 0 spiro atoms. The molecular weight excluding hydrogens is 252 g/mol. The van der Waals surface area contributed by atoms with E-state index in [0.717, 1.165) is 16.5 Å². The van der Waals surface area contributed by atoms with E-state index in [4.69, 9.17) is 4.74 Å². The molecule has 0 bridgehead atoms. The van der Waals surface area contributed by atoms with Crippen molar-refractivity contribution < 1.29 is 9.53 Å². The van der Waals surface area contributed by atoms with Crippen LogP contribution in [0.25, 0.3) is 10.9 Å². The maximum Gasteiger partial charge on any atom is 0.249 e. The zero-order valence-electron chi connectivity index (χ0n) is 12.1. The number of nitrogens with zero attached hydrogens (tertiary/aromatic N) is 1. The van der Waals surface area contributed by atoms with Crippen molar-refractivity contribution in [2.75, 3.05) is 0 Å². The monoisotopic (exact) mass is 272 g/mol. The summed E-state index contributed by atoms with van der Waals surface area (Å²) in [4.78, 5) is 16.2. The number of rotatable bonds is 5. The first-order valence-electron chi connectivity index (χ1n) is 6.83. The molecule has 4 heteroatoms. The number of benzene rings is 1. The minimum absolute atomic E-state index is 0.0399. The van der Waals surface area contributed by atoms with Gasteiger partial charge in [0.1, 0.15) is 6.10 Å². The van der Waals surface area contributed by atoms with Crippen LogP contribution in [-0.4, -0.2) is 23.1 Å². The van der Waals surface area contributed by atoms with Crippen LogP contribution in [0.3, 0.4) is 0 Å². The lowest BCUT2D eigenvalue weighted by Gasteiger charge is -2.15. The normalized spacial score (nSPS) is 12.6. The van der Waals surface area contributed by atoms with Crippen molar-refractivity contribution in [3.8, 4) is 0 Å². The molecule has 1 aromatic carbocycles. The smallest absolute Gasteiger partial charge is 0.249 e. The van der Waals surface area contributed by atoms with E-state index in [1.807, 2.05) is 44.2 Å². The number of para-hydroxylation sites is 1. The number of fused-ring (bicyclic) bond motifs is 1. The maximum atomic E-state index is 11.9. The van der Waals surface area contributed by atoms with Gasteiger partial charge in [-0.1, -0.05) is 18.2 Å². The minimum atomic E-state index is -0.441. The summed E-state index contributed by atoms with van der Waals surface area (Å²) in [6.45, 7) is 6.05. The van der Waals surface area contributed by atoms with Crippen LogP contribution in [0.1, 0.15) is 26.3 Å². The number of carbonyl (C=O) groups is 1. The predicted octanol–water partition coefficient (Wildman–Crippen LogP) is 2.66. The first-order chi connectivity index (χ1) is 9.56. The first-order valence-corrected chi connectivity index (χ1v) is 6.83. The zero-order valence-corrected chi connectivity index (χ0v) is 12.1. The molecule has 0 radical (unpaired) electrons. The van der Waals surface area contributed by atoms with Crippen molar-refractivity contribution in [3.63, 3.8) is 0 Å². The average molecular weight is 272 g/mol. The molecule has 1 atom stereocenters. The van der Waals surface area contributed by atoms with Gasteiger partial charge >= 0.3 is 0 Å². The second kappa shape index (κ2) is 6.48. The Hall–Kier alpha value is -1.94. The van der Waals surface area contributed by atoms with E-state index in [9.17, 15) is 4.79 Å². The predicted molar refractivity (Wildman–Crippen MR) is 79.3 cm³/mol. The number of hydrogen-bond acceptors (Lipinski definition) is 3. The molecule has 0 aliphatic heterocycles. The molecule has 0 saturated heterocycles. The summed E-state index contributed by atoms with van der Waals surface area (Å²) in [5.41, 5.74) is 1.94. The first kappa shape index (κ1) is 14.5. The van der Waals surface area contributed by atoms with Crippen molar-refractivity contribution >= 4 is 16.8 Å². The van der Waals surface area contributed by atoms with Crippen LogP contribution in [0.4, 0.5) is 0 Å². The SMILES string of the molecule is CC(C)O[C@H](C)C(=O)NCc1cnc2ccccc2c1. The van der Waals surface area contributed by atoms with E-state index >= 15 is 0 Å². The van der Waals surface area contributed by atoms with Gasteiger partial charge in [0.05, 0.1) is 11.6 Å². The molecule has 106 valence electrons. The molecule has 2 aromatic rings. The minimum Gasteiger partial charge on any atom is -0.366 e. The number of pyridine rings is 1.